The molecule has 0 saturated heterocycles. The van der Waals surface area contributed by atoms with Gasteiger partial charge in [0, 0.05) is 24.3 Å². The van der Waals surface area contributed by atoms with E-state index in [2.05, 4.69) is 5.32 Å². The van der Waals surface area contributed by atoms with Crippen LogP contribution in [0, 0.1) is 0 Å². The summed E-state index contributed by atoms with van der Waals surface area (Å²) in [6, 6.07) is 7.14. The predicted octanol–water partition coefficient (Wildman–Crippen LogP) is 1.69. The van der Waals surface area contributed by atoms with E-state index in [1.54, 1.807) is 26.0 Å². The first-order chi connectivity index (χ1) is 9.26. The summed E-state index contributed by atoms with van der Waals surface area (Å²) in [5.74, 6) is -0.0211. The molecule has 5 heteroatoms. The Kier molecular flexibility index (Phi) is 5.98. The SMILES string of the molecule is CN(CCCC(=O)Nc1cccc(N)c1)CC(C)(C)O. The number of hydrogen-bond acceptors (Lipinski definition) is 4. The normalized spacial score (nSPS) is 11.7. The van der Waals surface area contributed by atoms with Crippen molar-refractivity contribution >= 4 is 17.3 Å². The second kappa shape index (κ2) is 7.26. The Hall–Kier alpha value is -1.59. The Morgan fingerprint density at radius 3 is 2.75 bits per heavy atom. The van der Waals surface area contributed by atoms with Crippen molar-refractivity contribution in [3.05, 3.63) is 24.3 Å². The quantitative estimate of drug-likeness (QED) is 0.664. The fourth-order valence-electron chi connectivity index (χ4n) is 2.09. The van der Waals surface area contributed by atoms with Gasteiger partial charge in [-0.3, -0.25) is 4.79 Å². The lowest BCUT2D eigenvalue weighted by Gasteiger charge is -2.25. The van der Waals surface area contributed by atoms with Gasteiger partial charge in [-0.2, -0.15) is 0 Å². The Balaban J connectivity index is 2.27. The van der Waals surface area contributed by atoms with Gasteiger partial charge in [0.15, 0.2) is 0 Å². The highest BCUT2D eigenvalue weighted by Crippen LogP contribution is 2.12. The molecule has 0 aromatic heterocycles. The monoisotopic (exact) mass is 279 g/mol. The van der Waals surface area contributed by atoms with E-state index in [1.165, 1.54) is 0 Å². The van der Waals surface area contributed by atoms with Crippen molar-refractivity contribution in [2.45, 2.75) is 32.3 Å². The van der Waals surface area contributed by atoms with Crippen molar-refractivity contribution in [1.29, 1.82) is 0 Å². The second-order valence-corrected chi connectivity index (χ2v) is 5.83. The number of amides is 1. The maximum Gasteiger partial charge on any atom is 0.224 e. The smallest absolute Gasteiger partial charge is 0.224 e. The highest BCUT2D eigenvalue weighted by molar-refractivity contribution is 5.91. The Morgan fingerprint density at radius 1 is 1.45 bits per heavy atom. The van der Waals surface area contributed by atoms with Gasteiger partial charge in [-0.1, -0.05) is 6.07 Å². The van der Waals surface area contributed by atoms with Crippen LogP contribution in [0.15, 0.2) is 24.3 Å². The summed E-state index contributed by atoms with van der Waals surface area (Å²) in [6.45, 7) is 4.91. The third kappa shape index (κ3) is 7.11. The average molecular weight is 279 g/mol. The van der Waals surface area contributed by atoms with Gasteiger partial charge in [0.2, 0.25) is 5.91 Å². The van der Waals surface area contributed by atoms with E-state index in [0.717, 1.165) is 18.7 Å². The third-order valence-corrected chi connectivity index (χ3v) is 2.77. The second-order valence-electron chi connectivity index (χ2n) is 5.83. The molecule has 0 unspecified atom stereocenters. The van der Waals surface area contributed by atoms with Gasteiger partial charge >= 0.3 is 0 Å². The van der Waals surface area contributed by atoms with Crippen LogP contribution in [0.1, 0.15) is 26.7 Å². The number of hydrogen-bond donors (Lipinski definition) is 3. The molecule has 5 nitrogen and oxygen atoms in total. The molecule has 0 aliphatic carbocycles. The van der Waals surface area contributed by atoms with Crippen LogP contribution in [-0.2, 0) is 4.79 Å². The highest BCUT2D eigenvalue weighted by Gasteiger charge is 2.15. The van der Waals surface area contributed by atoms with Crippen LogP contribution >= 0.6 is 0 Å². The van der Waals surface area contributed by atoms with Gasteiger partial charge < -0.3 is 21.1 Å². The van der Waals surface area contributed by atoms with Crippen molar-refractivity contribution in [2.75, 3.05) is 31.2 Å². The van der Waals surface area contributed by atoms with Crippen molar-refractivity contribution in [2.24, 2.45) is 0 Å². The number of nitrogens with two attached hydrogens (primary N) is 1. The van der Waals surface area contributed by atoms with Gasteiger partial charge in [0.25, 0.3) is 0 Å². The number of likely N-dealkylation sites (N-methyl/N-ethyl adjacent to an activating group) is 1. The van der Waals surface area contributed by atoms with Gasteiger partial charge in [0.05, 0.1) is 5.60 Å². The molecular formula is C15H25N3O2. The van der Waals surface area contributed by atoms with E-state index in [-0.39, 0.29) is 5.91 Å². The number of nitrogen functional groups attached to an aromatic ring is 1. The molecule has 20 heavy (non-hydrogen) atoms. The Labute approximate surface area is 120 Å². The first-order valence-electron chi connectivity index (χ1n) is 6.82. The van der Waals surface area contributed by atoms with E-state index in [1.807, 2.05) is 24.1 Å². The summed E-state index contributed by atoms with van der Waals surface area (Å²) in [5, 5.41) is 12.5. The van der Waals surface area contributed by atoms with Crippen LogP contribution in [0.4, 0.5) is 11.4 Å². The molecule has 1 rings (SSSR count). The third-order valence-electron chi connectivity index (χ3n) is 2.77. The zero-order valence-electron chi connectivity index (χ0n) is 12.5. The lowest BCUT2D eigenvalue weighted by molar-refractivity contribution is -0.116. The van der Waals surface area contributed by atoms with E-state index in [0.29, 0.717) is 18.7 Å². The molecule has 0 spiro atoms. The molecule has 0 atom stereocenters. The number of benzene rings is 1. The van der Waals surface area contributed by atoms with Crippen molar-refractivity contribution in [3.8, 4) is 0 Å². The topological polar surface area (TPSA) is 78.6 Å². The van der Waals surface area contributed by atoms with Crippen LogP contribution in [0.2, 0.25) is 0 Å². The maximum absolute atomic E-state index is 11.8. The minimum atomic E-state index is -0.710. The molecule has 0 fully saturated rings. The molecule has 0 aliphatic heterocycles. The number of nitrogens with zero attached hydrogens (tertiary/aromatic N) is 1. The first-order valence-corrected chi connectivity index (χ1v) is 6.82. The lowest BCUT2D eigenvalue weighted by atomic mass is 10.1. The summed E-state index contributed by atoms with van der Waals surface area (Å²) in [7, 11) is 1.94. The summed E-state index contributed by atoms with van der Waals surface area (Å²) in [4.78, 5) is 13.8. The Bertz CT molecular complexity index is 441. The molecule has 0 saturated carbocycles. The summed E-state index contributed by atoms with van der Waals surface area (Å²) >= 11 is 0. The number of nitrogens with one attached hydrogen (secondary N) is 1. The number of carbonyl (C=O) groups is 1. The van der Waals surface area contributed by atoms with Gasteiger partial charge in [-0.15, -0.1) is 0 Å². The fraction of sp³-hybridized carbons (Fsp3) is 0.533. The Morgan fingerprint density at radius 2 is 2.15 bits per heavy atom. The predicted molar refractivity (Wildman–Crippen MR) is 82.5 cm³/mol. The minimum Gasteiger partial charge on any atom is -0.399 e. The number of anilines is 2. The largest absolute Gasteiger partial charge is 0.399 e. The van der Waals surface area contributed by atoms with Crippen molar-refractivity contribution in [3.63, 3.8) is 0 Å². The molecule has 0 radical (unpaired) electrons. The van der Waals surface area contributed by atoms with Crippen LogP contribution < -0.4 is 11.1 Å². The van der Waals surface area contributed by atoms with E-state index >= 15 is 0 Å². The molecule has 0 heterocycles. The van der Waals surface area contributed by atoms with Gasteiger partial charge in [0.1, 0.15) is 0 Å². The summed E-state index contributed by atoms with van der Waals surface area (Å²) < 4.78 is 0. The standard InChI is InChI=1S/C15H25N3O2/c1-15(2,20)11-18(3)9-5-8-14(19)17-13-7-4-6-12(16)10-13/h4,6-7,10,20H,5,8-9,11,16H2,1-3H3,(H,17,19). The number of rotatable bonds is 7. The first kappa shape index (κ1) is 16.5. The fourth-order valence-corrected chi connectivity index (χ4v) is 2.09. The number of aliphatic hydroxyl groups is 1. The molecule has 0 bridgehead atoms. The zero-order valence-corrected chi connectivity index (χ0v) is 12.5. The van der Waals surface area contributed by atoms with Gasteiger partial charge in [-0.25, -0.2) is 0 Å². The molecular weight excluding hydrogens is 254 g/mol. The van der Waals surface area contributed by atoms with Crippen molar-refractivity contribution < 1.29 is 9.90 Å². The van der Waals surface area contributed by atoms with Gasteiger partial charge in [-0.05, 0) is 52.1 Å². The average Bonchev–Trinajstić information content (AvgIpc) is 2.26. The number of carbonyl (C=O) groups excluding carboxylic acids is 1. The van der Waals surface area contributed by atoms with Crippen LogP contribution in [-0.4, -0.2) is 41.7 Å². The molecule has 1 aromatic rings. The summed E-state index contributed by atoms with van der Waals surface area (Å²) in [5.41, 5.74) is 6.30. The van der Waals surface area contributed by atoms with Crippen LogP contribution in [0.25, 0.3) is 0 Å². The molecule has 1 aromatic carbocycles. The van der Waals surface area contributed by atoms with E-state index in [4.69, 9.17) is 5.73 Å². The highest BCUT2D eigenvalue weighted by atomic mass is 16.3. The minimum absolute atomic E-state index is 0.0211. The van der Waals surface area contributed by atoms with Crippen molar-refractivity contribution in [1.82, 2.24) is 4.90 Å². The molecule has 0 aliphatic rings. The summed E-state index contributed by atoms with van der Waals surface area (Å²) in [6.07, 6.45) is 1.20. The zero-order chi connectivity index (χ0) is 15.2. The van der Waals surface area contributed by atoms with E-state index in [9.17, 15) is 9.90 Å². The lowest BCUT2D eigenvalue weighted by Crippen LogP contribution is -2.36. The molecule has 4 N–H and O–H groups in total. The van der Waals surface area contributed by atoms with Crippen LogP contribution in [0.3, 0.4) is 0 Å². The maximum atomic E-state index is 11.8. The van der Waals surface area contributed by atoms with Crippen LogP contribution in [0.5, 0.6) is 0 Å². The molecule has 1 amide bonds. The van der Waals surface area contributed by atoms with E-state index < -0.39 is 5.60 Å². The molecule has 112 valence electrons.